The van der Waals surface area contributed by atoms with Gasteiger partial charge in [-0.2, -0.15) is 0 Å². The molecule has 0 saturated heterocycles. The second-order valence-electron chi connectivity index (χ2n) is 2.67. The van der Waals surface area contributed by atoms with Crippen LogP contribution in [0.5, 0.6) is 0 Å². The highest BCUT2D eigenvalue weighted by molar-refractivity contribution is 8.14. The van der Waals surface area contributed by atoms with Gasteiger partial charge in [-0.15, -0.1) is 0 Å². The van der Waals surface area contributed by atoms with Crippen LogP contribution in [0.3, 0.4) is 0 Å². The van der Waals surface area contributed by atoms with Crippen LogP contribution in [0, 0.1) is 0 Å². The first kappa shape index (κ1) is 11.5. The van der Waals surface area contributed by atoms with E-state index in [1.54, 1.807) is 6.92 Å². The third kappa shape index (κ3) is 4.38. The van der Waals surface area contributed by atoms with Crippen molar-refractivity contribution in [2.75, 3.05) is 0 Å². The molecule has 0 radical (unpaired) electrons. The Morgan fingerprint density at radius 1 is 1.42 bits per heavy atom. The summed E-state index contributed by atoms with van der Waals surface area (Å²) in [6.07, 6.45) is 0.622. The Kier molecular flexibility index (Phi) is 4.31. The van der Waals surface area contributed by atoms with E-state index in [4.69, 9.17) is 4.74 Å². The number of ether oxygens (including phenoxy) is 1. The molecule has 0 bridgehead atoms. The maximum absolute atomic E-state index is 10.8. The Balaban J connectivity index is 4.23. The Morgan fingerprint density at radius 2 is 1.92 bits per heavy atom. The van der Waals surface area contributed by atoms with Crippen LogP contribution in [0.1, 0.15) is 34.1 Å². The van der Waals surface area contributed by atoms with E-state index >= 15 is 0 Å². The highest BCUT2D eigenvalue weighted by atomic mass is 32.2. The molecule has 0 heterocycles. The maximum atomic E-state index is 10.8. The first-order chi connectivity index (χ1) is 5.39. The van der Waals surface area contributed by atoms with Crippen LogP contribution in [-0.2, 0) is 14.3 Å². The highest BCUT2D eigenvalue weighted by Crippen LogP contribution is 2.30. The molecule has 0 aromatic heterocycles. The topological polar surface area (TPSA) is 43.4 Å². The van der Waals surface area contributed by atoms with Crippen molar-refractivity contribution in [3.8, 4) is 0 Å². The van der Waals surface area contributed by atoms with Crippen molar-refractivity contribution in [2.45, 2.75) is 39.0 Å². The third-order valence-corrected chi connectivity index (χ3v) is 2.45. The predicted octanol–water partition coefficient (Wildman–Crippen LogP) is 1.96. The van der Waals surface area contributed by atoms with E-state index in [0.29, 0.717) is 6.42 Å². The van der Waals surface area contributed by atoms with Gasteiger partial charge in [0.05, 0.1) is 0 Å². The van der Waals surface area contributed by atoms with Gasteiger partial charge in [0.15, 0.2) is 10.0 Å². The third-order valence-electron chi connectivity index (χ3n) is 1.36. The van der Waals surface area contributed by atoms with Gasteiger partial charge >= 0.3 is 5.97 Å². The van der Waals surface area contributed by atoms with Crippen molar-refractivity contribution >= 4 is 22.8 Å². The van der Waals surface area contributed by atoms with Gasteiger partial charge < -0.3 is 4.74 Å². The van der Waals surface area contributed by atoms with Gasteiger partial charge in [-0.3, -0.25) is 9.59 Å². The fraction of sp³-hybridized carbons (Fsp3) is 0.750. The molecule has 0 aliphatic rings. The van der Waals surface area contributed by atoms with E-state index in [9.17, 15) is 9.59 Å². The Morgan fingerprint density at radius 3 is 2.17 bits per heavy atom. The molecule has 1 unspecified atom stereocenters. The first-order valence-electron chi connectivity index (χ1n) is 3.79. The van der Waals surface area contributed by atoms with E-state index in [-0.39, 0.29) is 11.1 Å². The number of esters is 1. The molecule has 0 saturated carbocycles. The van der Waals surface area contributed by atoms with Crippen LogP contribution in [-0.4, -0.2) is 16.0 Å². The first-order valence-corrected chi connectivity index (χ1v) is 4.60. The minimum absolute atomic E-state index is 0.0411. The van der Waals surface area contributed by atoms with E-state index in [1.807, 2.05) is 6.92 Å². The minimum atomic E-state index is -0.697. The minimum Gasteiger partial charge on any atom is -0.448 e. The van der Waals surface area contributed by atoms with Crippen LogP contribution in [0.2, 0.25) is 0 Å². The average molecular weight is 190 g/mol. The summed E-state index contributed by atoms with van der Waals surface area (Å²) in [5.41, 5.74) is 0. The molecule has 70 valence electrons. The van der Waals surface area contributed by atoms with Crippen LogP contribution < -0.4 is 0 Å². The van der Waals surface area contributed by atoms with Crippen molar-refractivity contribution < 1.29 is 14.3 Å². The molecule has 12 heavy (non-hydrogen) atoms. The van der Waals surface area contributed by atoms with Gasteiger partial charge in [-0.05, 0) is 25.1 Å². The summed E-state index contributed by atoms with van der Waals surface area (Å²) in [6.45, 7) is 6.41. The van der Waals surface area contributed by atoms with Gasteiger partial charge in [-0.1, -0.05) is 6.92 Å². The standard InChI is InChI=1S/C8H14O3S/c1-5-8(4,11-6(2)9)12-7(3)10/h5H2,1-4H3. The molecule has 4 heteroatoms. The van der Waals surface area contributed by atoms with Crippen LogP contribution in [0.4, 0.5) is 0 Å². The van der Waals surface area contributed by atoms with E-state index in [1.165, 1.54) is 13.8 Å². The summed E-state index contributed by atoms with van der Waals surface area (Å²) in [5.74, 6) is -0.354. The molecule has 1 atom stereocenters. The average Bonchev–Trinajstić information content (AvgIpc) is 1.83. The Labute approximate surface area is 76.9 Å². The summed E-state index contributed by atoms with van der Waals surface area (Å²) >= 11 is 1.05. The quantitative estimate of drug-likeness (QED) is 0.504. The van der Waals surface area contributed by atoms with Gasteiger partial charge in [0, 0.05) is 13.8 Å². The fourth-order valence-corrected chi connectivity index (χ4v) is 1.68. The van der Waals surface area contributed by atoms with Gasteiger partial charge in [0.2, 0.25) is 0 Å². The molecular formula is C8H14O3S. The molecule has 0 amide bonds. The van der Waals surface area contributed by atoms with Crippen LogP contribution in [0.25, 0.3) is 0 Å². The van der Waals surface area contributed by atoms with Crippen molar-refractivity contribution in [3.63, 3.8) is 0 Å². The number of hydrogen-bond donors (Lipinski definition) is 0. The van der Waals surface area contributed by atoms with Crippen LogP contribution in [0.15, 0.2) is 0 Å². The second-order valence-corrected chi connectivity index (χ2v) is 4.32. The monoisotopic (exact) mass is 190 g/mol. The number of carbonyl (C=O) groups excluding carboxylic acids is 2. The van der Waals surface area contributed by atoms with Gasteiger partial charge in [0.1, 0.15) is 0 Å². The summed E-state index contributed by atoms with van der Waals surface area (Å²) in [5, 5.41) is -0.0411. The van der Waals surface area contributed by atoms with Gasteiger partial charge in [0.25, 0.3) is 0 Å². The van der Waals surface area contributed by atoms with E-state index in [2.05, 4.69) is 0 Å². The summed E-state index contributed by atoms with van der Waals surface area (Å²) in [6, 6.07) is 0. The van der Waals surface area contributed by atoms with Crippen molar-refractivity contribution in [2.24, 2.45) is 0 Å². The smallest absolute Gasteiger partial charge is 0.304 e. The molecule has 0 spiro atoms. The molecule has 0 fully saturated rings. The van der Waals surface area contributed by atoms with Crippen molar-refractivity contribution in [1.82, 2.24) is 0 Å². The van der Waals surface area contributed by atoms with Crippen LogP contribution >= 0.6 is 11.8 Å². The molecule has 0 rings (SSSR count). The lowest BCUT2D eigenvalue weighted by Gasteiger charge is -2.25. The van der Waals surface area contributed by atoms with Crippen molar-refractivity contribution in [3.05, 3.63) is 0 Å². The number of carbonyl (C=O) groups is 2. The molecular weight excluding hydrogens is 176 g/mol. The molecule has 0 aromatic rings. The normalized spacial score (nSPS) is 15.0. The lowest BCUT2D eigenvalue weighted by atomic mass is 10.3. The molecule has 0 aromatic carbocycles. The highest BCUT2D eigenvalue weighted by Gasteiger charge is 2.27. The SMILES string of the molecule is CCC(C)(OC(C)=O)SC(C)=O. The van der Waals surface area contributed by atoms with E-state index < -0.39 is 4.93 Å². The van der Waals surface area contributed by atoms with Gasteiger partial charge in [-0.25, -0.2) is 0 Å². The molecule has 0 N–H and O–H groups in total. The number of rotatable bonds is 3. The summed E-state index contributed by atoms with van der Waals surface area (Å²) in [4.78, 5) is 20.7. The maximum Gasteiger partial charge on any atom is 0.304 e. The molecule has 0 aliphatic carbocycles. The summed E-state index contributed by atoms with van der Waals surface area (Å²) in [7, 11) is 0. The Hall–Kier alpha value is -0.510. The predicted molar refractivity (Wildman–Crippen MR) is 48.7 cm³/mol. The lowest BCUT2D eigenvalue weighted by molar-refractivity contribution is -0.147. The lowest BCUT2D eigenvalue weighted by Crippen LogP contribution is -2.27. The zero-order valence-electron chi connectivity index (χ0n) is 7.84. The fourth-order valence-electron chi connectivity index (χ4n) is 0.773. The molecule has 0 aliphatic heterocycles. The zero-order chi connectivity index (χ0) is 9.78. The largest absolute Gasteiger partial charge is 0.448 e. The number of hydrogen-bond acceptors (Lipinski definition) is 4. The van der Waals surface area contributed by atoms with E-state index in [0.717, 1.165) is 11.8 Å². The summed E-state index contributed by atoms with van der Waals surface area (Å²) < 4.78 is 5.00. The van der Waals surface area contributed by atoms with Crippen molar-refractivity contribution in [1.29, 1.82) is 0 Å². The second kappa shape index (κ2) is 4.50. The number of thioether (sulfide) groups is 1. The molecule has 3 nitrogen and oxygen atoms in total. The Bertz CT molecular complexity index is 173. The zero-order valence-corrected chi connectivity index (χ0v) is 8.66.